The Bertz CT molecular complexity index is 223. The smallest absolute Gasteiger partial charge is 0.0107 e. The number of rotatable bonds is 5. The Morgan fingerprint density at radius 2 is 1.78 bits per heavy atom. The van der Waals surface area contributed by atoms with Gasteiger partial charge in [-0.25, -0.2) is 0 Å². The molecule has 1 aliphatic heterocycles. The van der Waals surface area contributed by atoms with E-state index in [9.17, 15) is 0 Å². The van der Waals surface area contributed by atoms with Crippen LogP contribution in [-0.4, -0.2) is 37.6 Å². The summed E-state index contributed by atoms with van der Waals surface area (Å²) in [7, 11) is 0. The van der Waals surface area contributed by atoms with E-state index in [-0.39, 0.29) is 0 Å². The molecule has 18 heavy (non-hydrogen) atoms. The second-order valence-electron chi connectivity index (χ2n) is 6.75. The molecule has 1 heterocycles. The van der Waals surface area contributed by atoms with E-state index < -0.39 is 0 Å². The van der Waals surface area contributed by atoms with E-state index in [4.69, 9.17) is 0 Å². The van der Waals surface area contributed by atoms with Gasteiger partial charge in [0.2, 0.25) is 0 Å². The van der Waals surface area contributed by atoms with E-state index in [2.05, 4.69) is 24.1 Å². The lowest BCUT2D eigenvalue weighted by Crippen LogP contribution is -2.42. The van der Waals surface area contributed by atoms with Gasteiger partial charge in [0.1, 0.15) is 0 Å². The van der Waals surface area contributed by atoms with Crippen LogP contribution in [0.4, 0.5) is 0 Å². The first-order valence-corrected chi connectivity index (χ1v) is 8.19. The van der Waals surface area contributed by atoms with Crippen LogP contribution in [0.2, 0.25) is 0 Å². The van der Waals surface area contributed by atoms with Crippen LogP contribution in [0, 0.1) is 17.8 Å². The van der Waals surface area contributed by atoms with Crippen LogP contribution in [0.25, 0.3) is 0 Å². The van der Waals surface area contributed by atoms with E-state index in [1.165, 1.54) is 71.2 Å². The van der Waals surface area contributed by atoms with Crippen LogP contribution < -0.4 is 5.32 Å². The lowest BCUT2D eigenvalue weighted by atomic mass is 9.88. The number of nitrogens with zero attached hydrogens (tertiary/aromatic N) is 1. The first-order valence-electron chi connectivity index (χ1n) is 8.19. The summed E-state index contributed by atoms with van der Waals surface area (Å²) in [6.07, 6.45) is 8.72. The van der Waals surface area contributed by atoms with Crippen LogP contribution in [0.5, 0.6) is 0 Å². The molecule has 1 saturated carbocycles. The fourth-order valence-corrected chi connectivity index (χ4v) is 3.49. The van der Waals surface area contributed by atoms with Gasteiger partial charge in [-0.3, -0.25) is 0 Å². The maximum atomic E-state index is 3.69. The molecule has 1 N–H and O–H groups in total. The standard InChI is InChI=1S/C16H32N2/c1-14-8-10-18(13-15(14)2)11-9-17-12-16-6-4-3-5-7-16/h14-17H,3-13H2,1-2H3. The maximum absolute atomic E-state index is 3.69. The Labute approximate surface area is 114 Å². The molecular formula is C16H32N2. The normalized spacial score (nSPS) is 31.7. The Balaban J connectivity index is 1.52. The zero-order valence-electron chi connectivity index (χ0n) is 12.5. The van der Waals surface area contributed by atoms with Crippen molar-refractivity contribution in [2.45, 2.75) is 52.4 Å². The summed E-state index contributed by atoms with van der Waals surface area (Å²) >= 11 is 0. The minimum Gasteiger partial charge on any atom is -0.315 e. The van der Waals surface area contributed by atoms with Crippen molar-refractivity contribution < 1.29 is 0 Å². The predicted molar refractivity (Wildman–Crippen MR) is 78.8 cm³/mol. The number of nitrogens with one attached hydrogen (secondary N) is 1. The molecule has 0 aromatic heterocycles. The molecule has 2 unspecified atom stereocenters. The molecular weight excluding hydrogens is 220 g/mol. The van der Waals surface area contributed by atoms with Gasteiger partial charge in [-0.1, -0.05) is 33.1 Å². The van der Waals surface area contributed by atoms with Gasteiger partial charge in [0.05, 0.1) is 0 Å². The largest absolute Gasteiger partial charge is 0.315 e. The van der Waals surface area contributed by atoms with Gasteiger partial charge >= 0.3 is 0 Å². The average Bonchev–Trinajstić information content (AvgIpc) is 2.40. The molecule has 106 valence electrons. The molecule has 2 nitrogen and oxygen atoms in total. The summed E-state index contributed by atoms with van der Waals surface area (Å²) in [5, 5.41) is 3.69. The Morgan fingerprint density at radius 1 is 1.00 bits per heavy atom. The SMILES string of the molecule is CC1CCN(CCNCC2CCCCC2)CC1C. The van der Waals surface area contributed by atoms with E-state index >= 15 is 0 Å². The molecule has 2 atom stereocenters. The highest BCUT2D eigenvalue weighted by Crippen LogP contribution is 2.23. The summed E-state index contributed by atoms with van der Waals surface area (Å²) in [6, 6.07) is 0. The van der Waals surface area contributed by atoms with Crippen molar-refractivity contribution in [3.8, 4) is 0 Å². The maximum Gasteiger partial charge on any atom is 0.0107 e. The third-order valence-corrected chi connectivity index (χ3v) is 5.18. The van der Waals surface area contributed by atoms with Crippen molar-refractivity contribution in [2.75, 3.05) is 32.7 Å². The minimum atomic E-state index is 0.886. The lowest BCUT2D eigenvalue weighted by molar-refractivity contribution is 0.138. The summed E-state index contributed by atoms with van der Waals surface area (Å²) in [6.45, 7) is 11.2. The van der Waals surface area contributed by atoms with Crippen molar-refractivity contribution in [1.29, 1.82) is 0 Å². The summed E-state index contributed by atoms with van der Waals surface area (Å²) in [5.74, 6) is 2.78. The number of likely N-dealkylation sites (tertiary alicyclic amines) is 1. The quantitative estimate of drug-likeness (QED) is 0.756. The van der Waals surface area contributed by atoms with E-state index in [0.717, 1.165) is 17.8 Å². The van der Waals surface area contributed by atoms with E-state index in [0.29, 0.717) is 0 Å². The Kier molecular flexibility index (Phi) is 5.97. The first-order chi connectivity index (χ1) is 8.75. The van der Waals surface area contributed by atoms with Gasteiger partial charge in [-0.15, -0.1) is 0 Å². The molecule has 1 aliphatic carbocycles. The third kappa shape index (κ3) is 4.55. The molecule has 2 fully saturated rings. The second-order valence-corrected chi connectivity index (χ2v) is 6.75. The molecule has 1 saturated heterocycles. The number of hydrogen-bond acceptors (Lipinski definition) is 2. The van der Waals surface area contributed by atoms with E-state index in [1.807, 2.05) is 0 Å². The molecule has 0 aromatic carbocycles. The zero-order chi connectivity index (χ0) is 12.8. The molecule has 0 radical (unpaired) electrons. The van der Waals surface area contributed by atoms with Crippen LogP contribution in [0.1, 0.15) is 52.4 Å². The fourth-order valence-electron chi connectivity index (χ4n) is 3.49. The average molecular weight is 252 g/mol. The van der Waals surface area contributed by atoms with E-state index in [1.54, 1.807) is 0 Å². The van der Waals surface area contributed by atoms with Crippen molar-refractivity contribution in [2.24, 2.45) is 17.8 Å². The molecule has 0 spiro atoms. The Morgan fingerprint density at radius 3 is 2.50 bits per heavy atom. The zero-order valence-corrected chi connectivity index (χ0v) is 12.5. The third-order valence-electron chi connectivity index (χ3n) is 5.18. The summed E-state index contributed by atoms with van der Waals surface area (Å²) < 4.78 is 0. The van der Waals surface area contributed by atoms with Crippen LogP contribution in [-0.2, 0) is 0 Å². The van der Waals surface area contributed by atoms with Gasteiger partial charge in [-0.2, -0.15) is 0 Å². The lowest BCUT2D eigenvalue weighted by Gasteiger charge is -2.35. The predicted octanol–water partition coefficient (Wildman–Crippen LogP) is 3.13. The summed E-state index contributed by atoms with van der Waals surface area (Å²) in [5.41, 5.74) is 0. The van der Waals surface area contributed by atoms with Crippen LogP contribution in [0.3, 0.4) is 0 Å². The van der Waals surface area contributed by atoms with Crippen molar-refractivity contribution in [3.63, 3.8) is 0 Å². The van der Waals surface area contributed by atoms with Gasteiger partial charge in [0, 0.05) is 19.6 Å². The number of hydrogen-bond donors (Lipinski definition) is 1. The van der Waals surface area contributed by atoms with Crippen molar-refractivity contribution in [3.05, 3.63) is 0 Å². The van der Waals surface area contributed by atoms with Gasteiger partial charge in [0.25, 0.3) is 0 Å². The fraction of sp³-hybridized carbons (Fsp3) is 1.00. The van der Waals surface area contributed by atoms with Gasteiger partial charge in [-0.05, 0) is 50.1 Å². The molecule has 2 rings (SSSR count). The molecule has 2 heteroatoms. The van der Waals surface area contributed by atoms with Crippen LogP contribution in [0.15, 0.2) is 0 Å². The van der Waals surface area contributed by atoms with Crippen molar-refractivity contribution >= 4 is 0 Å². The minimum absolute atomic E-state index is 0.886. The first kappa shape index (κ1) is 14.3. The topological polar surface area (TPSA) is 15.3 Å². The highest BCUT2D eigenvalue weighted by molar-refractivity contribution is 4.76. The molecule has 2 aliphatic rings. The Hall–Kier alpha value is -0.0800. The highest BCUT2D eigenvalue weighted by atomic mass is 15.1. The molecule has 0 bridgehead atoms. The van der Waals surface area contributed by atoms with Crippen molar-refractivity contribution in [1.82, 2.24) is 10.2 Å². The highest BCUT2D eigenvalue weighted by Gasteiger charge is 2.22. The molecule has 0 aromatic rings. The second kappa shape index (κ2) is 7.49. The van der Waals surface area contributed by atoms with Crippen LogP contribution >= 0.6 is 0 Å². The number of piperidine rings is 1. The summed E-state index contributed by atoms with van der Waals surface area (Å²) in [4.78, 5) is 2.65. The van der Waals surface area contributed by atoms with Gasteiger partial charge in [0.15, 0.2) is 0 Å². The monoisotopic (exact) mass is 252 g/mol. The molecule has 0 amide bonds. The van der Waals surface area contributed by atoms with Gasteiger partial charge < -0.3 is 10.2 Å².